The maximum absolute atomic E-state index is 12.2. The predicted molar refractivity (Wildman–Crippen MR) is 74.6 cm³/mol. The normalized spacial score (nSPS) is 16.1. The topological polar surface area (TPSA) is 69.9 Å². The summed E-state index contributed by atoms with van der Waals surface area (Å²) in [6.07, 6.45) is 2.22. The summed E-state index contributed by atoms with van der Waals surface area (Å²) >= 11 is 0. The lowest BCUT2D eigenvalue weighted by atomic mass is 10.2. The lowest BCUT2D eigenvalue weighted by Gasteiger charge is -2.05. The van der Waals surface area contributed by atoms with Gasteiger partial charge in [-0.1, -0.05) is 12.1 Å². The minimum absolute atomic E-state index is 0.390. The van der Waals surface area contributed by atoms with Crippen molar-refractivity contribution in [1.29, 1.82) is 0 Å². The zero-order valence-corrected chi connectivity index (χ0v) is 12.0. The van der Waals surface area contributed by atoms with Crippen LogP contribution in [0.1, 0.15) is 30.3 Å². The van der Waals surface area contributed by atoms with Crippen LogP contribution in [0.2, 0.25) is 0 Å². The van der Waals surface area contributed by atoms with Crippen LogP contribution in [-0.2, 0) is 22.3 Å². The van der Waals surface area contributed by atoms with Crippen LogP contribution in [0.3, 0.4) is 0 Å². The van der Waals surface area contributed by atoms with Crippen LogP contribution in [0.15, 0.2) is 24.3 Å². The van der Waals surface area contributed by atoms with E-state index in [9.17, 15) is 4.21 Å². The Labute approximate surface area is 119 Å². The molecule has 1 aromatic heterocycles. The first kappa shape index (κ1) is 13.2. The van der Waals surface area contributed by atoms with Gasteiger partial charge < -0.3 is 4.74 Å². The molecule has 106 valence electrons. The van der Waals surface area contributed by atoms with Crippen molar-refractivity contribution in [1.82, 2.24) is 20.2 Å². The van der Waals surface area contributed by atoms with Gasteiger partial charge in [-0.3, -0.25) is 4.21 Å². The third-order valence-corrected chi connectivity index (χ3v) is 4.44. The molecular weight excluding hydrogens is 276 g/mol. The highest BCUT2D eigenvalue weighted by Crippen LogP contribution is 2.34. The number of rotatable bonds is 6. The molecule has 1 atom stereocenters. The van der Waals surface area contributed by atoms with Crippen molar-refractivity contribution in [3.05, 3.63) is 35.7 Å². The van der Waals surface area contributed by atoms with Gasteiger partial charge in [0.15, 0.2) is 5.82 Å². The second-order valence-electron chi connectivity index (χ2n) is 4.85. The number of methoxy groups -OCH3 is 1. The van der Waals surface area contributed by atoms with Crippen LogP contribution >= 0.6 is 0 Å². The molecule has 0 spiro atoms. The monoisotopic (exact) mass is 292 g/mol. The fraction of sp³-hybridized carbons (Fsp3) is 0.462. The lowest BCUT2D eigenvalue weighted by Crippen LogP contribution is -2.08. The number of tetrazole rings is 1. The number of nitrogens with zero attached hydrogens (tertiary/aromatic N) is 4. The van der Waals surface area contributed by atoms with E-state index in [1.165, 1.54) is 0 Å². The van der Waals surface area contributed by atoms with Gasteiger partial charge in [0.1, 0.15) is 5.75 Å². The fourth-order valence-corrected chi connectivity index (χ4v) is 3.18. The summed E-state index contributed by atoms with van der Waals surface area (Å²) in [7, 11) is 0.596. The van der Waals surface area contributed by atoms with Crippen LogP contribution in [0.25, 0.3) is 0 Å². The first-order chi connectivity index (χ1) is 9.76. The van der Waals surface area contributed by atoms with E-state index in [0.29, 0.717) is 23.4 Å². The first-order valence-electron chi connectivity index (χ1n) is 6.51. The smallest absolute Gasteiger partial charge is 0.164 e. The Hall–Kier alpha value is -1.76. The van der Waals surface area contributed by atoms with Gasteiger partial charge >= 0.3 is 0 Å². The third-order valence-electron chi connectivity index (χ3n) is 3.21. The summed E-state index contributed by atoms with van der Waals surface area (Å²) < 4.78 is 19.2. The molecule has 1 aromatic carbocycles. The number of benzene rings is 1. The zero-order chi connectivity index (χ0) is 13.9. The van der Waals surface area contributed by atoms with E-state index in [-0.39, 0.29) is 0 Å². The minimum atomic E-state index is -1.03. The van der Waals surface area contributed by atoms with Gasteiger partial charge in [-0.05, 0) is 41.0 Å². The van der Waals surface area contributed by atoms with Crippen LogP contribution in [0, 0.1) is 0 Å². The van der Waals surface area contributed by atoms with E-state index in [2.05, 4.69) is 15.5 Å². The largest absolute Gasteiger partial charge is 0.497 e. The van der Waals surface area contributed by atoms with Crippen molar-refractivity contribution in [3.8, 4) is 5.75 Å². The highest BCUT2D eigenvalue weighted by molar-refractivity contribution is 7.83. The van der Waals surface area contributed by atoms with E-state index >= 15 is 0 Å². The van der Waals surface area contributed by atoms with Gasteiger partial charge in [0.2, 0.25) is 0 Å². The highest BCUT2D eigenvalue weighted by Gasteiger charge is 2.28. The Kier molecular flexibility index (Phi) is 3.77. The highest BCUT2D eigenvalue weighted by atomic mass is 32.2. The van der Waals surface area contributed by atoms with Crippen molar-refractivity contribution in [2.45, 2.75) is 30.4 Å². The van der Waals surface area contributed by atoms with E-state index in [1.807, 2.05) is 28.9 Å². The molecule has 2 aromatic rings. The van der Waals surface area contributed by atoms with Crippen molar-refractivity contribution in [2.24, 2.45) is 0 Å². The van der Waals surface area contributed by atoms with Crippen molar-refractivity contribution < 1.29 is 8.95 Å². The summed E-state index contributed by atoms with van der Waals surface area (Å²) in [5.74, 6) is 2.37. The molecule has 20 heavy (non-hydrogen) atoms. The molecule has 1 aliphatic rings. The SMILES string of the molecule is COc1cccc(CS(=O)Cc2nnnn2C2CC2)c1. The molecule has 3 rings (SSSR count). The average Bonchev–Trinajstić information content (AvgIpc) is 3.19. The van der Waals surface area contributed by atoms with Crippen molar-refractivity contribution in [2.75, 3.05) is 7.11 Å². The van der Waals surface area contributed by atoms with Crippen molar-refractivity contribution >= 4 is 10.8 Å². The number of hydrogen-bond donors (Lipinski definition) is 0. The minimum Gasteiger partial charge on any atom is -0.497 e. The molecule has 0 radical (unpaired) electrons. The first-order valence-corrected chi connectivity index (χ1v) is 7.99. The van der Waals surface area contributed by atoms with Gasteiger partial charge in [-0.15, -0.1) is 5.10 Å². The van der Waals surface area contributed by atoms with E-state index in [0.717, 1.165) is 24.2 Å². The van der Waals surface area contributed by atoms with Gasteiger partial charge in [-0.25, -0.2) is 4.68 Å². The fourth-order valence-electron chi connectivity index (χ4n) is 2.05. The zero-order valence-electron chi connectivity index (χ0n) is 11.2. The summed E-state index contributed by atoms with van der Waals surface area (Å²) in [6.45, 7) is 0. The quantitative estimate of drug-likeness (QED) is 0.806. The third kappa shape index (κ3) is 3.04. The molecule has 1 unspecified atom stereocenters. The molecule has 0 saturated heterocycles. The Morgan fingerprint density at radius 3 is 3.00 bits per heavy atom. The maximum atomic E-state index is 12.2. The Balaban J connectivity index is 1.65. The molecular formula is C13H16N4O2S. The molecule has 0 N–H and O–H groups in total. The molecule has 1 aliphatic carbocycles. The van der Waals surface area contributed by atoms with Crippen LogP contribution < -0.4 is 4.74 Å². The maximum Gasteiger partial charge on any atom is 0.164 e. The standard InChI is InChI=1S/C13H16N4O2S/c1-19-12-4-2-3-10(7-12)8-20(18)9-13-14-15-16-17(13)11-5-6-11/h2-4,7,11H,5-6,8-9H2,1H3. The van der Waals surface area contributed by atoms with E-state index in [1.54, 1.807) is 7.11 Å². The average molecular weight is 292 g/mol. The molecule has 0 aliphatic heterocycles. The molecule has 7 heteroatoms. The Morgan fingerprint density at radius 1 is 1.40 bits per heavy atom. The summed E-state index contributed by atoms with van der Waals surface area (Å²) in [6, 6.07) is 8.04. The van der Waals surface area contributed by atoms with Crippen LogP contribution in [-0.4, -0.2) is 31.5 Å². The van der Waals surface area contributed by atoms with Crippen molar-refractivity contribution in [3.63, 3.8) is 0 Å². The Morgan fingerprint density at radius 2 is 2.25 bits per heavy atom. The van der Waals surface area contributed by atoms with E-state index < -0.39 is 10.8 Å². The second kappa shape index (κ2) is 5.70. The van der Waals surface area contributed by atoms with Gasteiger partial charge in [0.05, 0.1) is 18.9 Å². The number of ether oxygens (including phenoxy) is 1. The number of hydrogen-bond acceptors (Lipinski definition) is 5. The summed E-state index contributed by atoms with van der Waals surface area (Å²) in [4.78, 5) is 0. The molecule has 1 saturated carbocycles. The molecule has 0 amide bonds. The molecule has 6 nitrogen and oxygen atoms in total. The van der Waals surface area contributed by atoms with Crippen LogP contribution in [0.5, 0.6) is 5.75 Å². The number of aromatic nitrogens is 4. The summed E-state index contributed by atoms with van der Waals surface area (Å²) in [5, 5.41) is 11.6. The predicted octanol–water partition coefficient (Wildman–Crippen LogP) is 1.47. The van der Waals surface area contributed by atoms with Gasteiger partial charge in [0.25, 0.3) is 0 Å². The Bertz CT molecular complexity index is 624. The van der Waals surface area contributed by atoms with Gasteiger partial charge in [0, 0.05) is 16.6 Å². The second-order valence-corrected chi connectivity index (χ2v) is 6.31. The molecule has 0 bridgehead atoms. The summed E-state index contributed by atoms with van der Waals surface area (Å²) in [5.41, 5.74) is 0.994. The van der Waals surface area contributed by atoms with Crippen LogP contribution in [0.4, 0.5) is 0 Å². The van der Waals surface area contributed by atoms with E-state index in [4.69, 9.17) is 4.74 Å². The molecule has 1 fully saturated rings. The lowest BCUT2D eigenvalue weighted by molar-refractivity contribution is 0.414. The van der Waals surface area contributed by atoms with Gasteiger partial charge in [-0.2, -0.15) is 0 Å². The molecule has 1 heterocycles.